The lowest BCUT2D eigenvalue weighted by Crippen LogP contribution is -2.33. The van der Waals surface area contributed by atoms with Gasteiger partial charge in [-0.2, -0.15) is 5.10 Å². The summed E-state index contributed by atoms with van der Waals surface area (Å²) in [5, 5.41) is 8.49. The quantitative estimate of drug-likeness (QED) is 0.417. The van der Waals surface area contributed by atoms with Gasteiger partial charge in [-0.05, 0) is 42.5 Å². The standard InChI is InChI=1S/C28H31N5/c1-22-14-16-32(17-15-22)27-13-12-23(19-30-27)18-29-20-25-21-33(26-10-6-3-7-11-26)31-28(25)24-8-4-2-5-9-24/h2-13,19,21-22,29H,14-18,20H2,1H3. The largest absolute Gasteiger partial charge is 0.357 e. The van der Waals surface area contributed by atoms with Gasteiger partial charge in [0.1, 0.15) is 5.82 Å². The number of para-hydroxylation sites is 1. The Morgan fingerprint density at radius 2 is 1.61 bits per heavy atom. The number of hydrogen-bond acceptors (Lipinski definition) is 4. The molecule has 0 spiro atoms. The van der Waals surface area contributed by atoms with Crippen molar-refractivity contribution in [2.24, 2.45) is 5.92 Å². The fourth-order valence-corrected chi connectivity index (χ4v) is 4.38. The van der Waals surface area contributed by atoms with E-state index in [9.17, 15) is 0 Å². The summed E-state index contributed by atoms with van der Waals surface area (Å²) in [7, 11) is 0. The van der Waals surface area contributed by atoms with Crippen molar-refractivity contribution in [3.63, 3.8) is 0 Å². The minimum absolute atomic E-state index is 0.739. The first kappa shape index (κ1) is 21.4. The fraction of sp³-hybridized carbons (Fsp3) is 0.286. The second-order valence-electron chi connectivity index (χ2n) is 8.95. The highest BCUT2D eigenvalue weighted by Gasteiger charge is 2.17. The average molecular weight is 438 g/mol. The van der Waals surface area contributed by atoms with Crippen molar-refractivity contribution in [2.75, 3.05) is 18.0 Å². The molecule has 3 heterocycles. The second kappa shape index (κ2) is 10.0. The summed E-state index contributed by atoms with van der Waals surface area (Å²) in [5.74, 6) is 1.93. The molecule has 2 aromatic heterocycles. The van der Waals surface area contributed by atoms with Gasteiger partial charge in [-0.3, -0.25) is 0 Å². The van der Waals surface area contributed by atoms with Crippen LogP contribution in [-0.2, 0) is 13.1 Å². The summed E-state index contributed by atoms with van der Waals surface area (Å²) in [6, 6.07) is 25.0. The Bertz CT molecular complexity index is 1140. The maximum atomic E-state index is 4.90. The highest BCUT2D eigenvalue weighted by Crippen LogP contribution is 2.24. The van der Waals surface area contributed by atoms with Gasteiger partial charge in [0, 0.05) is 49.7 Å². The molecule has 33 heavy (non-hydrogen) atoms. The number of nitrogens with one attached hydrogen (secondary N) is 1. The van der Waals surface area contributed by atoms with E-state index in [4.69, 9.17) is 10.1 Å². The van der Waals surface area contributed by atoms with Gasteiger partial charge in [0.15, 0.2) is 0 Å². The van der Waals surface area contributed by atoms with E-state index in [1.807, 2.05) is 35.1 Å². The number of hydrogen-bond donors (Lipinski definition) is 1. The predicted octanol–water partition coefficient (Wildman–Crippen LogP) is 5.46. The Labute approximate surface area is 196 Å². The van der Waals surface area contributed by atoms with E-state index in [2.05, 4.69) is 71.9 Å². The van der Waals surface area contributed by atoms with Crippen LogP contribution in [-0.4, -0.2) is 27.9 Å². The number of benzene rings is 2. The van der Waals surface area contributed by atoms with Gasteiger partial charge in [-0.25, -0.2) is 9.67 Å². The Morgan fingerprint density at radius 1 is 0.879 bits per heavy atom. The van der Waals surface area contributed by atoms with Crippen molar-refractivity contribution in [1.82, 2.24) is 20.1 Å². The van der Waals surface area contributed by atoms with Crippen molar-refractivity contribution < 1.29 is 0 Å². The number of rotatable bonds is 7. The van der Waals surface area contributed by atoms with E-state index >= 15 is 0 Å². The smallest absolute Gasteiger partial charge is 0.128 e. The number of aromatic nitrogens is 3. The molecule has 1 fully saturated rings. The molecule has 2 aromatic carbocycles. The lowest BCUT2D eigenvalue weighted by molar-refractivity contribution is 0.436. The van der Waals surface area contributed by atoms with Crippen molar-refractivity contribution in [2.45, 2.75) is 32.9 Å². The number of piperidine rings is 1. The van der Waals surface area contributed by atoms with Crippen molar-refractivity contribution in [3.05, 3.63) is 96.3 Å². The summed E-state index contributed by atoms with van der Waals surface area (Å²) < 4.78 is 1.97. The lowest BCUT2D eigenvalue weighted by Gasteiger charge is -2.31. The molecule has 0 unspecified atom stereocenters. The first-order valence-corrected chi connectivity index (χ1v) is 11.9. The van der Waals surface area contributed by atoms with Gasteiger partial charge in [0.2, 0.25) is 0 Å². The van der Waals surface area contributed by atoms with Crippen molar-refractivity contribution >= 4 is 5.82 Å². The van der Waals surface area contributed by atoms with Crippen LogP contribution in [0.25, 0.3) is 16.9 Å². The van der Waals surface area contributed by atoms with E-state index < -0.39 is 0 Å². The van der Waals surface area contributed by atoms with Gasteiger partial charge in [-0.1, -0.05) is 61.5 Å². The minimum Gasteiger partial charge on any atom is -0.357 e. The minimum atomic E-state index is 0.739. The molecule has 0 saturated carbocycles. The second-order valence-corrected chi connectivity index (χ2v) is 8.95. The van der Waals surface area contributed by atoms with E-state index in [-0.39, 0.29) is 0 Å². The molecule has 5 rings (SSSR count). The van der Waals surface area contributed by atoms with E-state index in [1.165, 1.54) is 24.0 Å². The van der Waals surface area contributed by atoms with Crippen LogP contribution >= 0.6 is 0 Å². The molecule has 0 aliphatic carbocycles. The molecule has 4 aromatic rings. The topological polar surface area (TPSA) is 46.0 Å². The maximum absolute atomic E-state index is 4.90. The molecule has 0 radical (unpaired) electrons. The van der Waals surface area contributed by atoms with Gasteiger partial charge in [0.25, 0.3) is 0 Å². The van der Waals surface area contributed by atoms with Crippen LogP contribution in [0.4, 0.5) is 5.82 Å². The molecule has 1 aliphatic rings. The van der Waals surface area contributed by atoms with Crippen LogP contribution in [0.15, 0.2) is 85.2 Å². The molecule has 0 atom stereocenters. The number of anilines is 1. The zero-order valence-electron chi connectivity index (χ0n) is 19.2. The lowest BCUT2D eigenvalue weighted by atomic mass is 9.99. The molecule has 168 valence electrons. The Morgan fingerprint density at radius 3 is 2.30 bits per heavy atom. The molecule has 1 saturated heterocycles. The summed E-state index contributed by atoms with van der Waals surface area (Å²) in [4.78, 5) is 7.14. The molecule has 0 amide bonds. The normalized spacial score (nSPS) is 14.5. The van der Waals surface area contributed by atoms with Crippen LogP contribution < -0.4 is 10.2 Å². The average Bonchev–Trinajstić information content (AvgIpc) is 3.30. The zero-order valence-corrected chi connectivity index (χ0v) is 19.2. The van der Waals surface area contributed by atoms with Crippen LogP contribution in [0.3, 0.4) is 0 Å². The molecule has 1 aliphatic heterocycles. The van der Waals surface area contributed by atoms with Crippen molar-refractivity contribution in [1.29, 1.82) is 0 Å². The van der Waals surface area contributed by atoms with Crippen LogP contribution in [0, 0.1) is 5.92 Å². The molecule has 5 heteroatoms. The SMILES string of the molecule is CC1CCN(c2ccc(CNCc3cn(-c4ccccc4)nc3-c3ccccc3)cn2)CC1. The van der Waals surface area contributed by atoms with Gasteiger partial charge < -0.3 is 10.2 Å². The monoisotopic (exact) mass is 437 g/mol. The number of nitrogens with zero attached hydrogens (tertiary/aromatic N) is 4. The highest BCUT2D eigenvalue weighted by atomic mass is 15.3. The highest BCUT2D eigenvalue weighted by molar-refractivity contribution is 5.63. The van der Waals surface area contributed by atoms with Gasteiger partial charge in [0.05, 0.1) is 11.4 Å². The molecule has 0 bridgehead atoms. The summed E-state index contributed by atoms with van der Waals surface area (Å²) in [6.07, 6.45) is 6.64. The van der Waals surface area contributed by atoms with Crippen LogP contribution in [0.5, 0.6) is 0 Å². The third-order valence-corrected chi connectivity index (χ3v) is 6.42. The molecular weight excluding hydrogens is 406 g/mol. The van der Waals surface area contributed by atoms with E-state index in [0.717, 1.165) is 54.9 Å². The summed E-state index contributed by atoms with van der Waals surface area (Å²) >= 11 is 0. The third kappa shape index (κ3) is 5.15. The first-order chi connectivity index (χ1) is 16.3. The van der Waals surface area contributed by atoms with E-state index in [0.29, 0.717) is 0 Å². The first-order valence-electron chi connectivity index (χ1n) is 11.9. The van der Waals surface area contributed by atoms with Crippen LogP contribution in [0.2, 0.25) is 0 Å². The van der Waals surface area contributed by atoms with Gasteiger partial charge >= 0.3 is 0 Å². The van der Waals surface area contributed by atoms with Gasteiger partial charge in [-0.15, -0.1) is 0 Å². The Balaban J connectivity index is 1.27. The third-order valence-electron chi connectivity index (χ3n) is 6.42. The Hall–Kier alpha value is -3.44. The molecule has 5 nitrogen and oxygen atoms in total. The predicted molar refractivity (Wildman–Crippen MR) is 134 cm³/mol. The van der Waals surface area contributed by atoms with E-state index in [1.54, 1.807) is 0 Å². The molecule has 1 N–H and O–H groups in total. The zero-order chi connectivity index (χ0) is 22.5. The van der Waals surface area contributed by atoms with Crippen LogP contribution in [0.1, 0.15) is 30.9 Å². The number of pyridine rings is 1. The maximum Gasteiger partial charge on any atom is 0.128 e. The summed E-state index contributed by atoms with van der Waals surface area (Å²) in [6.45, 7) is 6.07. The summed E-state index contributed by atoms with van der Waals surface area (Å²) in [5.41, 5.74) is 5.58. The fourth-order valence-electron chi connectivity index (χ4n) is 4.38. The van der Waals surface area contributed by atoms with Crippen molar-refractivity contribution in [3.8, 4) is 16.9 Å². The molecular formula is C28H31N5. The Kier molecular flexibility index (Phi) is 6.49.